The van der Waals surface area contributed by atoms with Gasteiger partial charge in [0.15, 0.2) is 0 Å². The molecule has 21 heavy (non-hydrogen) atoms. The van der Waals surface area contributed by atoms with Crippen molar-refractivity contribution in [3.8, 4) is 0 Å². The number of benzene rings is 1. The fourth-order valence-corrected chi connectivity index (χ4v) is 5.34. The van der Waals surface area contributed by atoms with Gasteiger partial charge in [-0.05, 0) is 66.7 Å². The number of carbonyl (C=O) groups excluding carboxylic acids is 1. The van der Waals surface area contributed by atoms with Crippen molar-refractivity contribution in [3.05, 3.63) is 34.4 Å². The summed E-state index contributed by atoms with van der Waals surface area (Å²) in [5.74, 6) is 2.26. The summed E-state index contributed by atoms with van der Waals surface area (Å²) in [5, 5.41) is 0. The second kappa shape index (κ2) is 4.12. The van der Waals surface area contributed by atoms with Gasteiger partial charge >= 0.3 is 0 Å². The Morgan fingerprint density at radius 3 is 2.67 bits per heavy atom. The second-order valence-corrected chi connectivity index (χ2v) is 7.66. The molecule has 1 spiro atoms. The zero-order valence-corrected chi connectivity index (χ0v) is 13.6. The molecule has 4 rings (SSSR count). The molecular weight excluding hydrogens is 258 g/mol. The van der Waals surface area contributed by atoms with E-state index >= 15 is 0 Å². The smallest absolute Gasteiger partial charge is 0.223 e. The van der Waals surface area contributed by atoms with Crippen molar-refractivity contribution in [2.45, 2.75) is 52.5 Å². The van der Waals surface area contributed by atoms with Crippen LogP contribution in [-0.2, 0) is 16.8 Å². The summed E-state index contributed by atoms with van der Waals surface area (Å²) in [6.07, 6.45) is 2.94. The molecule has 1 aromatic rings. The lowest BCUT2D eigenvalue weighted by Crippen LogP contribution is -2.49. The van der Waals surface area contributed by atoms with E-state index in [0.29, 0.717) is 23.7 Å². The lowest BCUT2D eigenvalue weighted by Gasteiger charge is -2.45. The van der Waals surface area contributed by atoms with Gasteiger partial charge in [-0.1, -0.05) is 26.0 Å². The molecule has 112 valence electrons. The van der Waals surface area contributed by atoms with E-state index in [2.05, 4.69) is 44.7 Å². The standard InChI is InChI=1S/C19H25NO/c1-11-7-15-5-6-20-18(21)9-16-14(4)13(3)10-19(16,20)17(15)8-12(11)2/h7-8,13-14,16H,5-6,9-10H2,1-4H3/t13-,14+,16-,19+/m0/s1. The van der Waals surface area contributed by atoms with Crippen molar-refractivity contribution in [2.75, 3.05) is 6.54 Å². The quantitative estimate of drug-likeness (QED) is 0.712. The molecule has 1 amide bonds. The van der Waals surface area contributed by atoms with Crippen molar-refractivity contribution < 1.29 is 4.79 Å². The van der Waals surface area contributed by atoms with Crippen LogP contribution in [0.15, 0.2) is 12.1 Å². The zero-order chi connectivity index (χ0) is 14.9. The Kier molecular flexibility index (Phi) is 2.62. The van der Waals surface area contributed by atoms with Gasteiger partial charge in [0.25, 0.3) is 0 Å². The van der Waals surface area contributed by atoms with Crippen LogP contribution in [0.25, 0.3) is 0 Å². The third-order valence-electron chi connectivity index (χ3n) is 6.75. The topological polar surface area (TPSA) is 20.3 Å². The SMILES string of the molecule is Cc1cc2c(cc1C)[C@@]13C[C@H](C)[C@@H](C)[C@@H]1CC(=O)N3CC2. The van der Waals surface area contributed by atoms with Gasteiger partial charge in [0.1, 0.15) is 0 Å². The van der Waals surface area contributed by atoms with E-state index in [1.807, 2.05) is 0 Å². The van der Waals surface area contributed by atoms with Crippen LogP contribution < -0.4 is 0 Å². The van der Waals surface area contributed by atoms with Crippen LogP contribution in [0.1, 0.15) is 48.9 Å². The zero-order valence-electron chi connectivity index (χ0n) is 13.6. The van der Waals surface area contributed by atoms with E-state index in [0.717, 1.165) is 25.8 Å². The highest BCUT2D eigenvalue weighted by Gasteiger charge is 2.62. The van der Waals surface area contributed by atoms with Crippen LogP contribution >= 0.6 is 0 Å². The highest BCUT2D eigenvalue weighted by atomic mass is 16.2. The van der Waals surface area contributed by atoms with Gasteiger partial charge in [0.2, 0.25) is 5.91 Å². The fourth-order valence-electron chi connectivity index (χ4n) is 5.34. The van der Waals surface area contributed by atoms with E-state index in [4.69, 9.17) is 0 Å². The molecular formula is C19H25NO. The van der Waals surface area contributed by atoms with Crippen LogP contribution in [0.4, 0.5) is 0 Å². The number of rotatable bonds is 0. The Bertz CT molecular complexity index is 635. The first-order valence-electron chi connectivity index (χ1n) is 8.36. The molecule has 0 unspecified atom stereocenters. The highest BCUT2D eigenvalue weighted by Crippen LogP contribution is 2.60. The summed E-state index contributed by atoms with van der Waals surface area (Å²) in [6, 6.07) is 4.78. The van der Waals surface area contributed by atoms with Gasteiger partial charge in [-0.2, -0.15) is 0 Å². The molecule has 1 saturated carbocycles. The first-order chi connectivity index (χ1) is 9.95. The predicted molar refractivity (Wildman–Crippen MR) is 84.1 cm³/mol. The maximum Gasteiger partial charge on any atom is 0.223 e. The van der Waals surface area contributed by atoms with Gasteiger partial charge in [0.05, 0.1) is 5.54 Å². The normalized spacial score (nSPS) is 37.4. The van der Waals surface area contributed by atoms with Gasteiger partial charge < -0.3 is 4.90 Å². The molecule has 2 heterocycles. The van der Waals surface area contributed by atoms with Gasteiger partial charge in [-0.25, -0.2) is 0 Å². The van der Waals surface area contributed by atoms with Crippen molar-refractivity contribution in [1.82, 2.24) is 4.90 Å². The number of carbonyl (C=O) groups is 1. The molecule has 3 aliphatic rings. The molecule has 4 atom stereocenters. The molecule has 2 heteroatoms. The number of hydrogen-bond donors (Lipinski definition) is 0. The van der Waals surface area contributed by atoms with Crippen molar-refractivity contribution in [3.63, 3.8) is 0 Å². The van der Waals surface area contributed by atoms with Gasteiger partial charge in [0, 0.05) is 13.0 Å². The molecule has 0 N–H and O–H groups in total. The Morgan fingerprint density at radius 1 is 1.19 bits per heavy atom. The minimum Gasteiger partial charge on any atom is -0.332 e. The van der Waals surface area contributed by atoms with Crippen LogP contribution in [0, 0.1) is 31.6 Å². The van der Waals surface area contributed by atoms with E-state index in [1.165, 1.54) is 22.3 Å². The molecule has 0 radical (unpaired) electrons. The maximum absolute atomic E-state index is 12.6. The lowest BCUT2D eigenvalue weighted by molar-refractivity contribution is -0.132. The molecule has 2 fully saturated rings. The Balaban J connectivity index is 1.96. The number of nitrogens with zero attached hydrogens (tertiary/aromatic N) is 1. The number of hydrogen-bond acceptors (Lipinski definition) is 1. The Labute approximate surface area is 127 Å². The molecule has 1 saturated heterocycles. The Hall–Kier alpha value is -1.31. The van der Waals surface area contributed by atoms with Crippen LogP contribution in [0.5, 0.6) is 0 Å². The van der Waals surface area contributed by atoms with E-state index in [9.17, 15) is 4.79 Å². The average Bonchev–Trinajstić information content (AvgIpc) is 2.84. The highest BCUT2D eigenvalue weighted by molar-refractivity contribution is 5.82. The van der Waals surface area contributed by atoms with E-state index in [-0.39, 0.29) is 5.54 Å². The first-order valence-corrected chi connectivity index (χ1v) is 8.36. The van der Waals surface area contributed by atoms with Gasteiger partial charge in [-0.3, -0.25) is 4.79 Å². The molecule has 1 aromatic carbocycles. The Morgan fingerprint density at radius 2 is 1.90 bits per heavy atom. The summed E-state index contributed by atoms with van der Waals surface area (Å²) in [5.41, 5.74) is 5.75. The summed E-state index contributed by atoms with van der Waals surface area (Å²) in [6.45, 7) is 10.1. The average molecular weight is 283 g/mol. The largest absolute Gasteiger partial charge is 0.332 e. The second-order valence-electron chi connectivity index (χ2n) is 7.66. The molecule has 0 bridgehead atoms. The number of aryl methyl sites for hydroxylation is 2. The van der Waals surface area contributed by atoms with Crippen molar-refractivity contribution in [1.29, 1.82) is 0 Å². The van der Waals surface area contributed by atoms with Crippen LogP contribution in [-0.4, -0.2) is 17.4 Å². The van der Waals surface area contributed by atoms with Crippen LogP contribution in [0.3, 0.4) is 0 Å². The number of amides is 1. The maximum atomic E-state index is 12.6. The number of fused-ring (bicyclic) bond motifs is 1. The molecule has 0 aromatic heterocycles. The molecule has 1 aliphatic carbocycles. The third-order valence-corrected chi connectivity index (χ3v) is 6.75. The van der Waals surface area contributed by atoms with Crippen LogP contribution in [0.2, 0.25) is 0 Å². The summed E-state index contributed by atoms with van der Waals surface area (Å²) < 4.78 is 0. The minimum absolute atomic E-state index is 0.0158. The third kappa shape index (κ3) is 1.51. The van der Waals surface area contributed by atoms with Crippen molar-refractivity contribution in [2.24, 2.45) is 17.8 Å². The molecule has 2 aliphatic heterocycles. The lowest BCUT2D eigenvalue weighted by atomic mass is 9.73. The molecule has 2 nitrogen and oxygen atoms in total. The van der Waals surface area contributed by atoms with Gasteiger partial charge in [-0.15, -0.1) is 0 Å². The van der Waals surface area contributed by atoms with E-state index < -0.39 is 0 Å². The summed E-state index contributed by atoms with van der Waals surface area (Å²) in [4.78, 5) is 14.8. The predicted octanol–water partition coefficient (Wildman–Crippen LogP) is 3.58. The van der Waals surface area contributed by atoms with E-state index in [1.54, 1.807) is 0 Å². The summed E-state index contributed by atoms with van der Waals surface area (Å²) >= 11 is 0. The fraction of sp³-hybridized carbons (Fsp3) is 0.632. The van der Waals surface area contributed by atoms with Crippen molar-refractivity contribution >= 4 is 5.91 Å². The first kappa shape index (κ1) is 13.4. The monoisotopic (exact) mass is 283 g/mol. The summed E-state index contributed by atoms with van der Waals surface area (Å²) in [7, 11) is 0. The minimum atomic E-state index is 0.0158.